The molecule has 100 valence electrons. The van der Waals surface area contributed by atoms with Crippen LogP contribution in [0.2, 0.25) is 5.02 Å². The van der Waals surface area contributed by atoms with Gasteiger partial charge in [-0.3, -0.25) is 0 Å². The Hall–Kier alpha value is -1.95. The van der Waals surface area contributed by atoms with Crippen molar-refractivity contribution in [2.45, 2.75) is 20.4 Å². The van der Waals surface area contributed by atoms with E-state index in [0.717, 1.165) is 18.1 Å². The van der Waals surface area contributed by atoms with Crippen LogP contribution in [0.15, 0.2) is 18.5 Å². The summed E-state index contributed by atoms with van der Waals surface area (Å²) in [6.07, 6.45) is 3.30. The van der Waals surface area contributed by atoms with Gasteiger partial charge >= 0.3 is 0 Å². The summed E-state index contributed by atoms with van der Waals surface area (Å²) < 4.78 is 0. The molecule has 0 bridgehead atoms. The average Bonchev–Trinajstić information content (AvgIpc) is 2.40. The zero-order valence-electron chi connectivity index (χ0n) is 10.8. The highest BCUT2D eigenvalue weighted by atomic mass is 35.5. The molecular formula is C12H15ClN6. The second-order valence-electron chi connectivity index (χ2n) is 3.87. The second kappa shape index (κ2) is 6.29. The van der Waals surface area contributed by atoms with E-state index >= 15 is 0 Å². The highest BCUT2D eigenvalue weighted by Gasteiger charge is 2.05. The van der Waals surface area contributed by atoms with Crippen molar-refractivity contribution < 1.29 is 0 Å². The summed E-state index contributed by atoms with van der Waals surface area (Å²) >= 11 is 6.05. The summed E-state index contributed by atoms with van der Waals surface area (Å²) in [5, 5.41) is 6.66. The first-order valence-electron chi connectivity index (χ1n) is 5.98. The Morgan fingerprint density at radius 3 is 2.79 bits per heavy atom. The third kappa shape index (κ3) is 3.75. The van der Waals surface area contributed by atoms with E-state index < -0.39 is 0 Å². The van der Waals surface area contributed by atoms with Gasteiger partial charge in [0.25, 0.3) is 0 Å². The number of rotatable bonds is 5. The Morgan fingerprint density at radius 2 is 2.05 bits per heavy atom. The predicted molar refractivity (Wildman–Crippen MR) is 75.3 cm³/mol. The van der Waals surface area contributed by atoms with Crippen molar-refractivity contribution in [3.05, 3.63) is 35.0 Å². The fourth-order valence-corrected chi connectivity index (χ4v) is 1.67. The molecular weight excluding hydrogens is 264 g/mol. The van der Waals surface area contributed by atoms with E-state index in [1.807, 2.05) is 19.9 Å². The molecule has 6 nitrogen and oxygen atoms in total. The van der Waals surface area contributed by atoms with E-state index in [2.05, 4.69) is 30.6 Å². The van der Waals surface area contributed by atoms with Gasteiger partial charge in [-0.1, -0.05) is 11.6 Å². The van der Waals surface area contributed by atoms with Crippen LogP contribution in [-0.2, 0) is 6.54 Å². The van der Waals surface area contributed by atoms with Crippen molar-refractivity contribution in [3.63, 3.8) is 0 Å². The van der Waals surface area contributed by atoms with Crippen LogP contribution in [0.25, 0.3) is 0 Å². The standard InChI is InChI=1S/C12H15ClN6/c1-3-14-12-17-7-10(13)11(19-12)16-6-9-4-5-15-8(2)18-9/h4-5,7H,3,6H2,1-2H3,(H2,14,16,17,19). The normalized spacial score (nSPS) is 10.3. The van der Waals surface area contributed by atoms with Crippen LogP contribution in [0.4, 0.5) is 11.8 Å². The summed E-state index contributed by atoms with van der Waals surface area (Å²) in [6, 6.07) is 1.85. The van der Waals surface area contributed by atoms with E-state index in [-0.39, 0.29) is 0 Å². The van der Waals surface area contributed by atoms with Crippen LogP contribution in [-0.4, -0.2) is 26.5 Å². The quantitative estimate of drug-likeness (QED) is 0.874. The summed E-state index contributed by atoms with van der Waals surface area (Å²) in [7, 11) is 0. The Labute approximate surface area is 116 Å². The van der Waals surface area contributed by atoms with Gasteiger partial charge < -0.3 is 10.6 Å². The van der Waals surface area contributed by atoms with E-state index in [1.54, 1.807) is 12.4 Å². The van der Waals surface area contributed by atoms with Crippen molar-refractivity contribution in [1.82, 2.24) is 19.9 Å². The summed E-state index contributed by atoms with van der Waals surface area (Å²) in [5.41, 5.74) is 0.882. The predicted octanol–water partition coefficient (Wildman–Crippen LogP) is 2.27. The van der Waals surface area contributed by atoms with Gasteiger partial charge in [-0.25, -0.2) is 15.0 Å². The van der Waals surface area contributed by atoms with Crippen LogP contribution >= 0.6 is 11.6 Å². The summed E-state index contributed by atoms with van der Waals surface area (Å²) in [6.45, 7) is 5.12. The molecule has 2 heterocycles. The van der Waals surface area contributed by atoms with Gasteiger partial charge in [-0.15, -0.1) is 0 Å². The van der Waals surface area contributed by atoms with Crippen molar-refractivity contribution >= 4 is 23.4 Å². The highest BCUT2D eigenvalue weighted by molar-refractivity contribution is 6.32. The van der Waals surface area contributed by atoms with Gasteiger partial charge in [0.1, 0.15) is 10.8 Å². The number of hydrogen-bond acceptors (Lipinski definition) is 6. The first-order chi connectivity index (χ1) is 9.19. The Kier molecular flexibility index (Phi) is 4.46. The van der Waals surface area contributed by atoms with Gasteiger partial charge in [0.2, 0.25) is 5.95 Å². The minimum atomic E-state index is 0.479. The maximum atomic E-state index is 6.05. The molecule has 2 aromatic rings. The highest BCUT2D eigenvalue weighted by Crippen LogP contribution is 2.19. The number of halogens is 1. The average molecular weight is 279 g/mol. The van der Waals surface area contributed by atoms with Gasteiger partial charge in [-0.2, -0.15) is 4.98 Å². The number of nitrogens with one attached hydrogen (secondary N) is 2. The Bertz CT molecular complexity index is 560. The SMILES string of the molecule is CCNc1ncc(Cl)c(NCc2ccnc(C)n2)n1. The third-order valence-electron chi connectivity index (χ3n) is 2.35. The monoisotopic (exact) mass is 278 g/mol. The topological polar surface area (TPSA) is 75.6 Å². The number of aromatic nitrogens is 4. The van der Waals surface area contributed by atoms with Crippen molar-refractivity contribution in [3.8, 4) is 0 Å². The second-order valence-corrected chi connectivity index (χ2v) is 4.28. The zero-order chi connectivity index (χ0) is 13.7. The molecule has 0 fully saturated rings. The molecule has 0 atom stereocenters. The first kappa shape index (κ1) is 13.5. The number of aryl methyl sites for hydroxylation is 1. The minimum absolute atomic E-state index is 0.479. The van der Waals surface area contributed by atoms with Gasteiger partial charge in [0.05, 0.1) is 18.4 Å². The lowest BCUT2D eigenvalue weighted by molar-refractivity contribution is 0.947. The number of anilines is 2. The smallest absolute Gasteiger partial charge is 0.224 e. The van der Waals surface area contributed by atoms with Crippen LogP contribution < -0.4 is 10.6 Å². The van der Waals surface area contributed by atoms with Gasteiger partial charge in [0, 0.05) is 12.7 Å². The molecule has 0 aliphatic carbocycles. The number of hydrogen-bond donors (Lipinski definition) is 2. The fraction of sp³-hybridized carbons (Fsp3) is 0.333. The molecule has 0 radical (unpaired) electrons. The van der Waals surface area contributed by atoms with Crippen LogP contribution in [0, 0.1) is 6.92 Å². The molecule has 0 aromatic carbocycles. The maximum Gasteiger partial charge on any atom is 0.224 e. The third-order valence-corrected chi connectivity index (χ3v) is 2.63. The van der Waals surface area contributed by atoms with Crippen molar-refractivity contribution in [1.29, 1.82) is 0 Å². The van der Waals surface area contributed by atoms with Crippen molar-refractivity contribution in [2.24, 2.45) is 0 Å². The van der Waals surface area contributed by atoms with Crippen LogP contribution in [0.3, 0.4) is 0 Å². The van der Waals surface area contributed by atoms with Gasteiger partial charge in [0.15, 0.2) is 5.82 Å². The summed E-state index contributed by atoms with van der Waals surface area (Å²) in [4.78, 5) is 16.7. The lowest BCUT2D eigenvalue weighted by atomic mass is 10.4. The van der Waals surface area contributed by atoms with E-state index in [4.69, 9.17) is 11.6 Å². The van der Waals surface area contributed by atoms with Crippen LogP contribution in [0.1, 0.15) is 18.4 Å². The Balaban J connectivity index is 2.08. The molecule has 0 spiro atoms. The summed E-state index contributed by atoms with van der Waals surface area (Å²) in [5.74, 6) is 1.87. The first-order valence-corrected chi connectivity index (χ1v) is 6.35. The molecule has 2 aromatic heterocycles. The molecule has 0 amide bonds. The van der Waals surface area contributed by atoms with Crippen molar-refractivity contribution in [2.75, 3.05) is 17.2 Å². The Morgan fingerprint density at radius 1 is 1.21 bits per heavy atom. The molecule has 0 aliphatic rings. The molecule has 0 saturated carbocycles. The van der Waals surface area contributed by atoms with E-state index in [0.29, 0.717) is 23.3 Å². The minimum Gasteiger partial charge on any atom is -0.363 e. The van der Waals surface area contributed by atoms with Crippen LogP contribution in [0.5, 0.6) is 0 Å². The largest absolute Gasteiger partial charge is 0.363 e. The van der Waals surface area contributed by atoms with E-state index in [1.165, 1.54) is 0 Å². The molecule has 7 heteroatoms. The lowest BCUT2D eigenvalue weighted by Crippen LogP contribution is -2.08. The molecule has 0 saturated heterocycles. The fourth-order valence-electron chi connectivity index (χ4n) is 1.51. The molecule has 0 aliphatic heterocycles. The number of nitrogens with zero attached hydrogens (tertiary/aromatic N) is 4. The maximum absolute atomic E-state index is 6.05. The lowest BCUT2D eigenvalue weighted by Gasteiger charge is -2.09. The molecule has 19 heavy (non-hydrogen) atoms. The van der Waals surface area contributed by atoms with E-state index in [9.17, 15) is 0 Å². The van der Waals surface area contributed by atoms with Gasteiger partial charge in [-0.05, 0) is 19.9 Å². The molecule has 2 rings (SSSR count). The molecule has 0 unspecified atom stereocenters. The zero-order valence-corrected chi connectivity index (χ0v) is 11.6. The molecule has 2 N–H and O–H groups in total.